The van der Waals surface area contributed by atoms with Crippen molar-refractivity contribution >= 4 is 23.1 Å². The molecule has 0 unspecified atom stereocenters. The van der Waals surface area contributed by atoms with E-state index >= 15 is 0 Å². The summed E-state index contributed by atoms with van der Waals surface area (Å²) < 4.78 is 0. The fraction of sp³-hybridized carbons (Fsp3) is 0.769. The number of hydrogen-bond donors (Lipinski definition) is 1. The standard InChI is InChI=1S/C13H20N2S2/c14-7-11-13(9-5-6-9)15-12(17-11)8-16-10-3-1-2-4-10/h9-10H,1-8,14H2. The molecule has 2 nitrogen and oxygen atoms in total. The molecule has 1 heterocycles. The van der Waals surface area contributed by atoms with Crippen LogP contribution >= 0.6 is 23.1 Å². The quantitative estimate of drug-likeness (QED) is 0.886. The van der Waals surface area contributed by atoms with Crippen LogP contribution in [-0.2, 0) is 12.3 Å². The van der Waals surface area contributed by atoms with Gasteiger partial charge in [-0.1, -0.05) is 12.8 Å². The third kappa shape index (κ3) is 2.85. The SMILES string of the molecule is NCc1sc(CSC2CCCC2)nc1C1CC1. The molecule has 4 heteroatoms. The molecule has 1 aromatic rings. The van der Waals surface area contributed by atoms with E-state index in [1.165, 1.54) is 54.1 Å². The molecule has 2 aliphatic rings. The molecular formula is C13H20N2S2. The Morgan fingerprint density at radius 3 is 2.65 bits per heavy atom. The number of thiazole rings is 1. The van der Waals surface area contributed by atoms with Crippen molar-refractivity contribution in [3.8, 4) is 0 Å². The Morgan fingerprint density at radius 2 is 2.00 bits per heavy atom. The van der Waals surface area contributed by atoms with Crippen LogP contribution in [0.2, 0.25) is 0 Å². The van der Waals surface area contributed by atoms with Gasteiger partial charge in [-0.3, -0.25) is 0 Å². The molecule has 0 saturated heterocycles. The molecule has 2 N–H and O–H groups in total. The first kappa shape index (κ1) is 12.0. The van der Waals surface area contributed by atoms with E-state index in [9.17, 15) is 0 Å². The summed E-state index contributed by atoms with van der Waals surface area (Å²) in [5.74, 6) is 1.85. The molecule has 1 aromatic heterocycles. The van der Waals surface area contributed by atoms with E-state index in [1.54, 1.807) is 0 Å². The Morgan fingerprint density at radius 1 is 1.24 bits per heavy atom. The molecule has 2 saturated carbocycles. The highest BCUT2D eigenvalue weighted by molar-refractivity contribution is 7.99. The van der Waals surface area contributed by atoms with E-state index < -0.39 is 0 Å². The summed E-state index contributed by atoms with van der Waals surface area (Å²) in [5.41, 5.74) is 7.14. The summed E-state index contributed by atoms with van der Waals surface area (Å²) in [6, 6.07) is 0. The average Bonchev–Trinajstić information content (AvgIpc) is 2.92. The molecule has 3 rings (SSSR count). The van der Waals surface area contributed by atoms with Gasteiger partial charge in [-0.15, -0.1) is 11.3 Å². The molecule has 0 radical (unpaired) electrons. The second kappa shape index (κ2) is 5.29. The van der Waals surface area contributed by atoms with Gasteiger partial charge in [0, 0.05) is 28.3 Å². The monoisotopic (exact) mass is 268 g/mol. The molecule has 2 fully saturated rings. The highest BCUT2D eigenvalue weighted by Gasteiger charge is 2.29. The lowest BCUT2D eigenvalue weighted by Gasteiger charge is -2.05. The Balaban J connectivity index is 1.61. The second-order valence-electron chi connectivity index (χ2n) is 5.11. The van der Waals surface area contributed by atoms with Crippen molar-refractivity contribution in [2.45, 2.75) is 62.0 Å². The predicted molar refractivity (Wildman–Crippen MR) is 75.5 cm³/mol. The fourth-order valence-corrected chi connectivity index (χ4v) is 4.92. The maximum Gasteiger partial charge on any atom is 0.103 e. The van der Waals surface area contributed by atoms with Gasteiger partial charge < -0.3 is 5.73 Å². The molecular weight excluding hydrogens is 248 g/mol. The molecule has 0 bridgehead atoms. The Kier molecular flexibility index (Phi) is 3.73. The fourth-order valence-electron chi connectivity index (χ4n) is 2.54. The van der Waals surface area contributed by atoms with Gasteiger partial charge in [0.2, 0.25) is 0 Å². The highest BCUT2D eigenvalue weighted by atomic mass is 32.2. The topological polar surface area (TPSA) is 38.9 Å². The van der Waals surface area contributed by atoms with Gasteiger partial charge in [0.25, 0.3) is 0 Å². The Bertz CT molecular complexity index is 379. The number of thioether (sulfide) groups is 1. The van der Waals surface area contributed by atoms with Crippen molar-refractivity contribution in [1.29, 1.82) is 0 Å². The summed E-state index contributed by atoms with van der Waals surface area (Å²) in [6.07, 6.45) is 8.33. The minimum Gasteiger partial charge on any atom is -0.326 e. The van der Waals surface area contributed by atoms with Gasteiger partial charge >= 0.3 is 0 Å². The third-order valence-electron chi connectivity index (χ3n) is 3.67. The van der Waals surface area contributed by atoms with Crippen molar-refractivity contribution in [3.05, 3.63) is 15.6 Å². The largest absolute Gasteiger partial charge is 0.326 e. The summed E-state index contributed by atoms with van der Waals surface area (Å²) >= 11 is 3.96. The smallest absolute Gasteiger partial charge is 0.103 e. The highest BCUT2D eigenvalue weighted by Crippen LogP contribution is 2.43. The van der Waals surface area contributed by atoms with Crippen LogP contribution in [0.4, 0.5) is 0 Å². The lowest BCUT2D eigenvalue weighted by atomic mass is 10.2. The van der Waals surface area contributed by atoms with Gasteiger partial charge in [-0.25, -0.2) is 4.98 Å². The summed E-state index contributed by atoms with van der Waals surface area (Å²) in [4.78, 5) is 6.16. The predicted octanol–water partition coefficient (Wildman–Crippen LogP) is 3.66. The van der Waals surface area contributed by atoms with Crippen molar-refractivity contribution in [2.75, 3.05) is 0 Å². The second-order valence-corrected chi connectivity index (χ2v) is 7.57. The molecule has 0 spiro atoms. The lowest BCUT2D eigenvalue weighted by molar-refractivity contribution is 0.886. The zero-order chi connectivity index (χ0) is 11.7. The van der Waals surface area contributed by atoms with Crippen molar-refractivity contribution < 1.29 is 0 Å². The van der Waals surface area contributed by atoms with E-state index in [2.05, 4.69) is 11.8 Å². The summed E-state index contributed by atoms with van der Waals surface area (Å²) in [7, 11) is 0. The molecule has 0 aromatic carbocycles. The van der Waals surface area contributed by atoms with Crippen LogP contribution in [0.25, 0.3) is 0 Å². The lowest BCUT2D eigenvalue weighted by Crippen LogP contribution is -1.97. The summed E-state index contributed by atoms with van der Waals surface area (Å²) in [6.45, 7) is 0.678. The van der Waals surface area contributed by atoms with Crippen LogP contribution in [0.3, 0.4) is 0 Å². The van der Waals surface area contributed by atoms with Gasteiger partial charge in [0.15, 0.2) is 0 Å². The van der Waals surface area contributed by atoms with E-state index in [1.807, 2.05) is 11.3 Å². The number of aromatic nitrogens is 1. The van der Waals surface area contributed by atoms with E-state index in [-0.39, 0.29) is 0 Å². The third-order valence-corrected chi connectivity index (χ3v) is 6.33. The van der Waals surface area contributed by atoms with Crippen LogP contribution in [0, 0.1) is 0 Å². The van der Waals surface area contributed by atoms with Gasteiger partial charge in [-0.2, -0.15) is 11.8 Å². The van der Waals surface area contributed by atoms with E-state index in [4.69, 9.17) is 10.7 Å². The number of nitrogens with zero attached hydrogens (tertiary/aromatic N) is 1. The number of rotatable bonds is 5. The average molecular weight is 268 g/mol. The minimum absolute atomic E-state index is 0.678. The van der Waals surface area contributed by atoms with Gasteiger partial charge in [-0.05, 0) is 25.7 Å². The molecule has 94 valence electrons. The molecule has 0 aliphatic heterocycles. The van der Waals surface area contributed by atoms with Crippen molar-refractivity contribution in [2.24, 2.45) is 5.73 Å². The maximum atomic E-state index is 5.81. The van der Waals surface area contributed by atoms with Crippen LogP contribution in [0.1, 0.15) is 60.0 Å². The molecule has 0 atom stereocenters. The molecule has 2 aliphatic carbocycles. The Hall–Kier alpha value is -0.0600. The van der Waals surface area contributed by atoms with E-state index in [0.717, 1.165) is 16.9 Å². The number of hydrogen-bond acceptors (Lipinski definition) is 4. The van der Waals surface area contributed by atoms with Crippen LogP contribution < -0.4 is 5.73 Å². The first-order chi connectivity index (χ1) is 8.36. The van der Waals surface area contributed by atoms with Gasteiger partial charge in [0.1, 0.15) is 5.01 Å². The van der Waals surface area contributed by atoms with Crippen LogP contribution in [0.15, 0.2) is 0 Å². The van der Waals surface area contributed by atoms with Gasteiger partial charge in [0.05, 0.1) is 5.69 Å². The zero-order valence-electron chi connectivity index (χ0n) is 10.2. The Labute approximate surface area is 111 Å². The van der Waals surface area contributed by atoms with Crippen molar-refractivity contribution in [1.82, 2.24) is 4.98 Å². The van der Waals surface area contributed by atoms with Crippen LogP contribution in [0.5, 0.6) is 0 Å². The maximum absolute atomic E-state index is 5.81. The van der Waals surface area contributed by atoms with E-state index in [0.29, 0.717) is 6.54 Å². The first-order valence-corrected chi connectivity index (χ1v) is 8.53. The summed E-state index contributed by atoms with van der Waals surface area (Å²) in [5, 5.41) is 2.20. The minimum atomic E-state index is 0.678. The normalized spacial score (nSPS) is 21.2. The van der Waals surface area contributed by atoms with Crippen molar-refractivity contribution in [3.63, 3.8) is 0 Å². The van der Waals surface area contributed by atoms with Crippen LogP contribution in [-0.4, -0.2) is 10.2 Å². The number of nitrogens with two attached hydrogens (primary N) is 1. The molecule has 17 heavy (non-hydrogen) atoms. The zero-order valence-corrected chi connectivity index (χ0v) is 11.8. The first-order valence-electron chi connectivity index (χ1n) is 6.67. The molecule has 0 amide bonds.